The monoisotopic (exact) mass is 354 g/mol. The molecule has 1 saturated heterocycles. The minimum absolute atomic E-state index is 0.0291. The van der Waals surface area contributed by atoms with E-state index in [4.69, 9.17) is 0 Å². The summed E-state index contributed by atoms with van der Waals surface area (Å²) in [5.41, 5.74) is 1.20. The van der Waals surface area contributed by atoms with Gasteiger partial charge in [0, 0.05) is 24.2 Å². The van der Waals surface area contributed by atoms with Crippen molar-refractivity contribution in [1.82, 2.24) is 4.90 Å². The summed E-state index contributed by atoms with van der Waals surface area (Å²) in [5, 5.41) is 2.76. The summed E-state index contributed by atoms with van der Waals surface area (Å²) in [5.74, 6) is -0.867. The normalized spacial score (nSPS) is 21.7. The van der Waals surface area contributed by atoms with Gasteiger partial charge in [-0.2, -0.15) is 0 Å². The Kier molecular flexibility index (Phi) is 5.30. The van der Waals surface area contributed by atoms with Crippen LogP contribution in [0.4, 0.5) is 5.69 Å². The fourth-order valence-electron chi connectivity index (χ4n) is 3.50. The second-order valence-electron chi connectivity index (χ2n) is 6.77. The molecule has 3 amide bonds. The molecule has 1 aromatic rings. The van der Waals surface area contributed by atoms with Gasteiger partial charge < -0.3 is 5.32 Å². The smallest absolute Gasteiger partial charge is 0.233 e. The summed E-state index contributed by atoms with van der Waals surface area (Å²) in [6.07, 6.45) is 5.83. The van der Waals surface area contributed by atoms with Crippen LogP contribution in [0, 0.1) is 11.8 Å². The number of rotatable bonds is 6. The summed E-state index contributed by atoms with van der Waals surface area (Å²) in [4.78, 5) is 49.3. The number of likely N-dealkylation sites (tertiary alicyclic amines) is 1. The molecular formula is C20H22N2O4. The number of benzene rings is 1. The number of Topliss-reactive ketones (excluding diaryl/α,β-unsaturated/α-hetero) is 1. The van der Waals surface area contributed by atoms with E-state index in [-0.39, 0.29) is 48.3 Å². The predicted molar refractivity (Wildman–Crippen MR) is 96.4 cm³/mol. The van der Waals surface area contributed by atoms with Gasteiger partial charge in [0.2, 0.25) is 17.7 Å². The second-order valence-corrected chi connectivity index (χ2v) is 6.77. The molecule has 1 fully saturated rings. The Morgan fingerprint density at radius 1 is 1.04 bits per heavy atom. The zero-order valence-electron chi connectivity index (χ0n) is 14.7. The Morgan fingerprint density at radius 2 is 1.62 bits per heavy atom. The summed E-state index contributed by atoms with van der Waals surface area (Å²) in [7, 11) is 0. The molecule has 1 aromatic carbocycles. The maximum atomic E-state index is 12.3. The van der Waals surface area contributed by atoms with Crippen LogP contribution in [0.2, 0.25) is 0 Å². The molecule has 0 bridgehead atoms. The number of allylic oxidation sites excluding steroid dienone is 2. The second kappa shape index (κ2) is 7.64. The molecule has 26 heavy (non-hydrogen) atoms. The van der Waals surface area contributed by atoms with E-state index in [9.17, 15) is 19.2 Å². The van der Waals surface area contributed by atoms with Crippen LogP contribution in [0.1, 0.15) is 43.0 Å². The van der Waals surface area contributed by atoms with E-state index in [0.29, 0.717) is 30.5 Å². The number of nitrogens with one attached hydrogen (secondary N) is 1. The van der Waals surface area contributed by atoms with Gasteiger partial charge in [0.25, 0.3) is 0 Å². The molecule has 2 atom stereocenters. The molecule has 0 spiro atoms. The Balaban J connectivity index is 1.47. The van der Waals surface area contributed by atoms with Crippen molar-refractivity contribution in [3.05, 3.63) is 42.0 Å². The van der Waals surface area contributed by atoms with Crippen molar-refractivity contribution in [2.45, 2.75) is 32.6 Å². The van der Waals surface area contributed by atoms with Crippen LogP contribution in [0.5, 0.6) is 0 Å². The van der Waals surface area contributed by atoms with E-state index < -0.39 is 0 Å². The minimum atomic E-state index is -0.221. The van der Waals surface area contributed by atoms with Crippen LogP contribution < -0.4 is 5.32 Å². The summed E-state index contributed by atoms with van der Waals surface area (Å²) in [6.45, 7) is 1.77. The van der Waals surface area contributed by atoms with Gasteiger partial charge in [-0.15, -0.1) is 0 Å². The number of imide groups is 1. The SMILES string of the molecule is CC(=O)c1ccc(NC(=O)CCCN2C(=O)[C@H]3CC=CC[C@H]3C2=O)cc1. The van der Waals surface area contributed by atoms with Gasteiger partial charge in [0.1, 0.15) is 0 Å². The summed E-state index contributed by atoms with van der Waals surface area (Å²) < 4.78 is 0. The van der Waals surface area contributed by atoms with E-state index in [1.807, 2.05) is 12.2 Å². The third-order valence-electron chi connectivity index (χ3n) is 4.96. The zero-order chi connectivity index (χ0) is 18.7. The van der Waals surface area contributed by atoms with Gasteiger partial charge in [0.15, 0.2) is 5.78 Å². The Labute approximate surface area is 152 Å². The molecule has 2 aliphatic rings. The van der Waals surface area contributed by atoms with Gasteiger partial charge in [-0.3, -0.25) is 24.1 Å². The van der Waals surface area contributed by atoms with Crippen molar-refractivity contribution >= 4 is 29.2 Å². The summed E-state index contributed by atoms with van der Waals surface area (Å²) in [6, 6.07) is 6.68. The van der Waals surface area contributed by atoms with Gasteiger partial charge in [-0.25, -0.2) is 0 Å². The number of anilines is 1. The number of fused-ring (bicyclic) bond motifs is 1. The predicted octanol–water partition coefficient (Wildman–Crippen LogP) is 2.56. The van der Waals surface area contributed by atoms with Crippen LogP contribution in [-0.4, -0.2) is 34.9 Å². The van der Waals surface area contributed by atoms with Crippen LogP contribution in [0.3, 0.4) is 0 Å². The Hall–Kier alpha value is -2.76. The first-order valence-corrected chi connectivity index (χ1v) is 8.88. The number of carbonyl (C=O) groups excluding carboxylic acids is 4. The number of hydrogen-bond donors (Lipinski definition) is 1. The van der Waals surface area contributed by atoms with Gasteiger partial charge in [0.05, 0.1) is 11.8 Å². The average Bonchev–Trinajstić information content (AvgIpc) is 2.87. The highest BCUT2D eigenvalue weighted by molar-refractivity contribution is 6.05. The standard InChI is InChI=1S/C20H22N2O4/c1-13(23)14-8-10-15(11-9-14)21-18(24)7-4-12-22-19(25)16-5-2-3-6-17(16)20(22)26/h2-3,8-11,16-17H,4-7,12H2,1H3,(H,21,24)/t16-,17+. The van der Waals surface area contributed by atoms with Crippen LogP contribution in [0.25, 0.3) is 0 Å². The van der Waals surface area contributed by atoms with Crippen molar-refractivity contribution in [2.75, 3.05) is 11.9 Å². The highest BCUT2D eigenvalue weighted by atomic mass is 16.2. The van der Waals surface area contributed by atoms with E-state index in [2.05, 4.69) is 5.32 Å². The third kappa shape index (κ3) is 3.74. The first-order chi connectivity index (χ1) is 12.5. The maximum Gasteiger partial charge on any atom is 0.233 e. The van der Waals surface area contributed by atoms with Gasteiger partial charge in [-0.1, -0.05) is 12.2 Å². The largest absolute Gasteiger partial charge is 0.326 e. The average molecular weight is 354 g/mol. The molecule has 3 rings (SSSR count). The topological polar surface area (TPSA) is 83.6 Å². The number of nitrogens with zero attached hydrogens (tertiary/aromatic N) is 1. The molecule has 0 unspecified atom stereocenters. The Bertz CT molecular complexity index is 741. The quantitative estimate of drug-likeness (QED) is 0.483. The lowest BCUT2D eigenvalue weighted by Gasteiger charge is -2.14. The van der Waals surface area contributed by atoms with Crippen molar-refractivity contribution in [3.8, 4) is 0 Å². The van der Waals surface area contributed by atoms with E-state index in [1.54, 1.807) is 24.3 Å². The molecule has 0 aromatic heterocycles. The highest BCUT2D eigenvalue weighted by Crippen LogP contribution is 2.35. The summed E-state index contributed by atoms with van der Waals surface area (Å²) >= 11 is 0. The van der Waals surface area contributed by atoms with Crippen LogP contribution >= 0.6 is 0 Å². The fraction of sp³-hybridized carbons (Fsp3) is 0.400. The number of ketones is 1. The molecule has 1 heterocycles. The Morgan fingerprint density at radius 3 is 2.15 bits per heavy atom. The van der Waals surface area contributed by atoms with E-state index in [1.165, 1.54) is 11.8 Å². The number of hydrogen-bond acceptors (Lipinski definition) is 4. The number of carbonyl (C=O) groups is 4. The van der Waals surface area contributed by atoms with Crippen molar-refractivity contribution < 1.29 is 19.2 Å². The molecule has 1 N–H and O–H groups in total. The lowest BCUT2D eigenvalue weighted by atomic mass is 9.85. The fourth-order valence-corrected chi connectivity index (χ4v) is 3.50. The highest BCUT2D eigenvalue weighted by Gasteiger charge is 2.46. The molecule has 0 radical (unpaired) electrons. The molecule has 1 aliphatic carbocycles. The molecule has 136 valence electrons. The lowest BCUT2D eigenvalue weighted by Crippen LogP contribution is -2.32. The first-order valence-electron chi connectivity index (χ1n) is 8.88. The number of amides is 3. The van der Waals surface area contributed by atoms with Gasteiger partial charge in [-0.05, 0) is 50.5 Å². The van der Waals surface area contributed by atoms with Crippen molar-refractivity contribution in [2.24, 2.45) is 11.8 Å². The first kappa shape index (κ1) is 18.0. The molecule has 1 aliphatic heterocycles. The van der Waals surface area contributed by atoms with E-state index in [0.717, 1.165) is 0 Å². The van der Waals surface area contributed by atoms with E-state index >= 15 is 0 Å². The molecular weight excluding hydrogens is 332 g/mol. The third-order valence-corrected chi connectivity index (χ3v) is 4.96. The van der Waals surface area contributed by atoms with Crippen molar-refractivity contribution in [1.29, 1.82) is 0 Å². The zero-order valence-corrected chi connectivity index (χ0v) is 14.7. The van der Waals surface area contributed by atoms with Crippen molar-refractivity contribution in [3.63, 3.8) is 0 Å². The molecule has 0 saturated carbocycles. The van der Waals surface area contributed by atoms with Crippen LogP contribution in [-0.2, 0) is 14.4 Å². The lowest BCUT2D eigenvalue weighted by molar-refractivity contribution is -0.140. The molecule has 6 heteroatoms. The maximum absolute atomic E-state index is 12.3. The minimum Gasteiger partial charge on any atom is -0.326 e. The van der Waals surface area contributed by atoms with Crippen LogP contribution in [0.15, 0.2) is 36.4 Å². The molecule has 6 nitrogen and oxygen atoms in total. The van der Waals surface area contributed by atoms with Gasteiger partial charge >= 0.3 is 0 Å².